The predicted molar refractivity (Wildman–Crippen MR) is 144 cm³/mol. The van der Waals surface area contributed by atoms with E-state index in [0.29, 0.717) is 46.8 Å². The number of nitrogens with one attached hydrogen (secondary N) is 2. The molecule has 0 radical (unpaired) electrons. The van der Waals surface area contributed by atoms with E-state index in [9.17, 15) is 4.79 Å². The van der Waals surface area contributed by atoms with Gasteiger partial charge in [0.15, 0.2) is 5.82 Å². The van der Waals surface area contributed by atoms with Crippen LogP contribution in [0.2, 0.25) is 0 Å². The van der Waals surface area contributed by atoms with Crippen LogP contribution in [0.25, 0.3) is 11.4 Å². The van der Waals surface area contributed by atoms with E-state index >= 15 is 0 Å². The molecule has 1 aromatic heterocycles. The van der Waals surface area contributed by atoms with Crippen molar-refractivity contribution in [1.29, 1.82) is 0 Å². The van der Waals surface area contributed by atoms with E-state index in [0.717, 1.165) is 16.7 Å². The summed E-state index contributed by atoms with van der Waals surface area (Å²) >= 11 is 0. The zero-order chi connectivity index (χ0) is 25.9. The minimum Gasteiger partial charge on any atom is -0.495 e. The molecule has 0 bridgehead atoms. The van der Waals surface area contributed by atoms with Crippen molar-refractivity contribution in [2.75, 3.05) is 24.4 Å². The van der Waals surface area contributed by atoms with Crippen LogP contribution in [0.3, 0.4) is 0 Å². The SMILES string of the molecule is CCOc1ccccc1C1C(C(=O)Nc2ccccc2OC)=C(C)Nc2nc(-c3ccc(C)cc3)nn21. The van der Waals surface area contributed by atoms with E-state index in [1.54, 1.807) is 17.9 Å². The Morgan fingerprint density at radius 1 is 1.00 bits per heavy atom. The number of carbonyl (C=O) groups is 1. The first-order chi connectivity index (χ1) is 18.0. The lowest BCUT2D eigenvalue weighted by molar-refractivity contribution is -0.113. The second-order valence-electron chi connectivity index (χ2n) is 8.76. The first-order valence-electron chi connectivity index (χ1n) is 12.2. The number of aryl methyl sites for hydroxylation is 1. The van der Waals surface area contributed by atoms with Crippen molar-refractivity contribution in [1.82, 2.24) is 14.8 Å². The second kappa shape index (κ2) is 10.2. The van der Waals surface area contributed by atoms with Gasteiger partial charge >= 0.3 is 0 Å². The van der Waals surface area contributed by atoms with Gasteiger partial charge in [-0.3, -0.25) is 4.79 Å². The Balaban J connectivity index is 1.63. The number of benzene rings is 3. The number of fused-ring (bicyclic) bond motifs is 1. The third-order valence-electron chi connectivity index (χ3n) is 6.28. The van der Waals surface area contributed by atoms with Gasteiger partial charge in [0.05, 0.1) is 25.0 Å². The molecule has 1 atom stereocenters. The molecule has 8 nitrogen and oxygen atoms in total. The van der Waals surface area contributed by atoms with E-state index in [1.807, 2.05) is 87.5 Å². The molecular weight excluding hydrogens is 466 g/mol. The van der Waals surface area contributed by atoms with Crippen molar-refractivity contribution >= 4 is 17.5 Å². The molecule has 0 aliphatic carbocycles. The molecular formula is C29H29N5O3. The minimum absolute atomic E-state index is 0.274. The van der Waals surface area contributed by atoms with Crippen molar-refractivity contribution in [3.8, 4) is 22.9 Å². The number of methoxy groups -OCH3 is 1. The molecule has 1 amide bonds. The lowest BCUT2D eigenvalue weighted by Gasteiger charge is -2.29. The van der Waals surface area contributed by atoms with E-state index in [1.165, 1.54) is 0 Å². The first kappa shape index (κ1) is 24.1. The molecule has 5 rings (SSSR count). The van der Waals surface area contributed by atoms with Crippen LogP contribution in [0.4, 0.5) is 11.6 Å². The number of hydrogen-bond donors (Lipinski definition) is 2. The summed E-state index contributed by atoms with van der Waals surface area (Å²) in [5, 5.41) is 11.2. The number of anilines is 2. The molecule has 0 saturated heterocycles. The number of aromatic nitrogens is 3. The minimum atomic E-state index is -0.569. The highest BCUT2D eigenvalue weighted by atomic mass is 16.5. The molecule has 2 heterocycles. The van der Waals surface area contributed by atoms with Crippen LogP contribution in [0.15, 0.2) is 84.1 Å². The molecule has 4 aromatic rings. The summed E-state index contributed by atoms with van der Waals surface area (Å²) in [6, 6.07) is 22.5. The van der Waals surface area contributed by atoms with E-state index < -0.39 is 6.04 Å². The zero-order valence-corrected chi connectivity index (χ0v) is 21.3. The highest BCUT2D eigenvalue weighted by Crippen LogP contribution is 2.40. The fraction of sp³-hybridized carbons (Fsp3) is 0.207. The van der Waals surface area contributed by atoms with E-state index in [4.69, 9.17) is 19.6 Å². The quantitative estimate of drug-likeness (QED) is 0.347. The van der Waals surface area contributed by atoms with Crippen LogP contribution >= 0.6 is 0 Å². The number of para-hydroxylation sites is 3. The summed E-state index contributed by atoms with van der Waals surface area (Å²) in [4.78, 5) is 18.6. The van der Waals surface area contributed by atoms with Gasteiger partial charge in [0.2, 0.25) is 5.95 Å². The summed E-state index contributed by atoms with van der Waals surface area (Å²) in [6.45, 7) is 6.34. The summed E-state index contributed by atoms with van der Waals surface area (Å²) in [5.41, 5.74) is 4.63. The summed E-state index contributed by atoms with van der Waals surface area (Å²) in [6.07, 6.45) is 0. The Hall–Kier alpha value is -4.59. The van der Waals surface area contributed by atoms with Crippen LogP contribution in [-0.4, -0.2) is 34.4 Å². The maximum absolute atomic E-state index is 13.9. The van der Waals surface area contributed by atoms with E-state index in [-0.39, 0.29) is 5.91 Å². The fourth-order valence-electron chi connectivity index (χ4n) is 4.49. The van der Waals surface area contributed by atoms with Crippen LogP contribution in [0.1, 0.15) is 31.0 Å². The monoisotopic (exact) mass is 495 g/mol. The van der Waals surface area contributed by atoms with Gasteiger partial charge in [0.25, 0.3) is 5.91 Å². The standard InChI is InChI=1S/C29H29N5O3/c1-5-37-23-12-8-6-10-21(23)26-25(28(35)31-22-11-7-9-13-24(22)36-4)19(3)30-29-32-27(33-34(26)29)20-16-14-18(2)15-17-20/h6-17,26H,5H2,1-4H3,(H,31,35)(H,30,32,33). The van der Waals surface area contributed by atoms with Gasteiger partial charge in [0.1, 0.15) is 17.5 Å². The number of carbonyl (C=O) groups excluding carboxylic acids is 1. The average Bonchev–Trinajstić information content (AvgIpc) is 3.32. The molecule has 1 aliphatic heterocycles. The lowest BCUT2D eigenvalue weighted by Crippen LogP contribution is -2.31. The van der Waals surface area contributed by atoms with Gasteiger partial charge in [-0.1, -0.05) is 60.2 Å². The normalized spacial score (nSPS) is 14.5. The third kappa shape index (κ3) is 4.65. The summed E-state index contributed by atoms with van der Waals surface area (Å²) in [5.74, 6) is 2.11. The number of ether oxygens (including phenoxy) is 2. The smallest absolute Gasteiger partial charge is 0.255 e. The number of rotatable bonds is 7. The van der Waals surface area contributed by atoms with Crippen LogP contribution < -0.4 is 20.1 Å². The molecule has 1 aliphatic rings. The third-order valence-corrected chi connectivity index (χ3v) is 6.28. The van der Waals surface area contributed by atoms with Gasteiger partial charge < -0.3 is 20.1 Å². The van der Waals surface area contributed by atoms with Gasteiger partial charge in [-0.2, -0.15) is 4.98 Å². The Bertz CT molecular complexity index is 1470. The van der Waals surface area contributed by atoms with Crippen molar-refractivity contribution in [3.05, 3.63) is 95.2 Å². The first-order valence-corrected chi connectivity index (χ1v) is 12.2. The van der Waals surface area contributed by atoms with Crippen LogP contribution in [-0.2, 0) is 4.79 Å². The largest absolute Gasteiger partial charge is 0.495 e. The van der Waals surface area contributed by atoms with Crippen molar-refractivity contribution in [2.45, 2.75) is 26.8 Å². The van der Waals surface area contributed by atoms with Crippen LogP contribution in [0.5, 0.6) is 11.5 Å². The number of allylic oxidation sites excluding steroid dienone is 1. The highest BCUT2D eigenvalue weighted by molar-refractivity contribution is 6.06. The Kier molecular flexibility index (Phi) is 6.64. The lowest BCUT2D eigenvalue weighted by atomic mass is 9.94. The van der Waals surface area contributed by atoms with E-state index in [2.05, 4.69) is 10.6 Å². The molecule has 0 spiro atoms. The van der Waals surface area contributed by atoms with Gasteiger partial charge in [-0.05, 0) is 39.0 Å². The maximum Gasteiger partial charge on any atom is 0.255 e. The van der Waals surface area contributed by atoms with Gasteiger partial charge in [-0.15, -0.1) is 5.10 Å². The molecule has 2 N–H and O–H groups in total. The van der Waals surface area contributed by atoms with Crippen LogP contribution in [0, 0.1) is 6.92 Å². The number of nitrogens with zero attached hydrogens (tertiary/aromatic N) is 3. The number of hydrogen-bond acceptors (Lipinski definition) is 6. The molecule has 1 unspecified atom stereocenters. The molecule has 0 fully saturated rings. The molecule has 3 aromatic carbocycles. The molecule has 0 saturated carbocycles. The molecule has 8 heteroatoms. The highest BCUT2D eigenvalue weighted by Gasteiger charge is 2.36. The average molecular weight is 496 g/mol. The van der Waals surface area contributed by atoms with Gasteiger partial charge in [0, 0.05) is 16.8 Å². The molecule has 188 valence electrons. The summed E-state index contributed by atoms with van der Waals surface area (Å²) in [7, 11) is 1.58. The fourth-order valence-corrected chi connectivity index (χ4v) is 4.49. The Morgan fingerprint density at radius 2 is 1.70 bits per heavy atom. The zero-order valence-electron chi connectivity index (χ0n) is 21.3. The maximum atomic E-state index is 13.9. The predicted octanol–water partition coefficient (Wildman–Crippen LogP) is 5.59. The van der Waals surface area contributed by atoms with Crippen molar-refractivity contribution in [3.63, 3.8) is 0 Å². The molecule has 37 heavy (non-hydrogen) atoms. The second-order valence-corrected chi connectivity index (χ2v) is 8.76. The van der Waals surface area contributed by atoms with Crippen molar-refractivity contribution in [2.24, 2.45) is 0 Å². The number of amides is 1. The summed E-state index contributed by atoms with van der Waals surface area (Å²) < 4.78 is 13.2. The Morgan fingerprint density at radius 3 is 2.43 bits per heavy atom. The van der Waals surface area contributed by atoms with Gasteiger partial charge in [-0.25, -0.2) is 4.68 Å². The van der Waals surface area contributed by atoms with Crippen molar-refractivity contribution < 1.29 is 14.3 Å². The topological polar surface area (TPSA) is 90.3 Å². The Labute approximate surface area is 216 Å².